The molecule has 18 heavy (non-hydrogen) atoms. The van der Waals surface area contributed by atoms with Crippen molar-refractivity contribution in [2.24, 2.45) is 15.4 Å². The minimum Gasteiger partial charge on any atom is -0.388 e. The summed E-state index contributed by atoms with van der Waals surface area (Å²) >= 11 is 0. The number of nitrogens with zero attached hydrogens (tertiary/aromatic N) is 2. The van der Waals surface area contributed by atoms with E-state index in [0.29, 0.717) is 6.04 Å². The van der Waals surface area contributed by atoms with Crippen molar-refractivity contribution < 1.29 is 0 Å². The van der Waals surface area contributed by atoms with Crippen molar-refractivity contribution in [2.75, 3.05) is 6.54 Å². The first-order chi connectivity index (χ1) is 8.44. The Labute approximate surface area is 111 Å². The lowest BCUT2D eigenvalue weighted by atomic mass is 9.94. The molecule has 0 unspecified atom stereocenters. The van der Waals surface area contributed by atoms with Crippen LogP contribution in [0.3, 0.4) is 0 Å². The van der Waals surface area contributed by atoms with Crippen molar-refractivity contribution in [2.45, 2.75) is 59.4 Å². The van der Waals surface area contributed by atoms with Gasteiger partial charge in [-0.25, -0.2) is 4.99 Å². The lowest BCUT2D eigenvalue weighted by Crippen LogP contribution is -2.26. The van der Waals surface area contributed by atoms with Crippen molar-refractivity contribution >= 4 is 12.6 Å². The maximum Gasteiger partial charge on any atom is 0.148 e. The molecule has 0 heterocycles. The second-order valence-electron chi connectivity index (χ2n) is 6.17. The Morgan fingerprint density at radius 3 is 2.44 bits per heavy atom. The molecular formula is C15H27N3. The molecule has 102 valence electrons. The summed E-state index contributed by atoms with van der Waals surface area (Å²) in [4.78, 5) is 8.63. The molecule has 0 aromatic heterocycles. The number of aliphatic imine (C=N–C) groups is 2. The van der Waals surface area contributed by atoms with Crippen LogP contribution in [0.25, 0.3) is 0 Å². The van der Waals surface area contributed by atoms with Gasteiger partial charge in [0.05, 0.1) is 6.04 Å². The molecule has 0 amide bonds. The molecule has 1 rings (SSSR count). The van der Waals surface area contributed by atoms with Gasteiger partial charge in [-0.15, -0.1) is 0 Å². The molecule has 0 bridgehead atoms. The molecule has 1 aliphatic carbocycles. The van der Waals surface area contributed by atoms with E-state index < -0.39 is 0 Å². The summed E-state index contributed by atoms with van der Waals surface area (Å²) in [7, 11) is 0. The number of nitrogens with one attached hydrogen (secondary N) is 1. The highest BCUT2D eigenvalue weighted by molar-refractivity contribution is 5.96. The van der Waals surface area contributed by atoms with E-state index in [2.05, 4.69) is 49.7 Å². The second-order valence-corrected chi connectivity index (χ2v) is 6.17. The normalized spacial score (nSPS) is 18.4. The minimum absolute atomic E-state index is 0.279. The Morgan fingerprint density at radius 1 is 1.39 bits per heavy atom. The quantitative estimate of drug-likeness (QED) is 0.587. The Balaban J connectivity index is 2.62. The smallest absolute Gasteiger partial charge is 0.148 e. The molecule has 1 N–H and O–H groups in total. The van der Waals surface area contributed by atoms with Gasteiger partial charge in [0.15, 0.2) is 0 Å². The zero-order chi connectivity index (χ0) is 13.6. The Kier molecular flexibility index (Phi) is 5.57. The van der Waals surface area contributed by atoms with Gasteiger partial charge in [0.25, 0.3) is 0 Å². The number of amidine groups is 1. The van der Waals surface area contributed by atoms with E-state index in [9.17, 15) is 0 Å². The highest BCUT2D eigenvalue weighted by Crippen LogP contribution is 2.22. The topological polar surface area (TPSA) is 36.8 Å². The third-order valence-corrected chi connectivity index (χ3v) is 3.08. The van der Waals surface area contributed by atoms with Crippen LogP contribution >= 0.6 is 0 Å². The van der Waals surface area contributed by atoms with Gasteiger partial charge in [-0.05, 0) is 37.8 Å². The van der Waals surface area contributed by atoms with E-state index in [1.807, 2.05) is 6.08 Å². The SMILES string of the molecule is C=NC(C=C(CC)NCC(C)(C)C)=NC1CCC1. The zero-order valence-corrected chi connectivity index (χ0v) is 12.3. The van der Waals surface area contributed by atoms with Gasteiger partial charge in [-0.2, -0.15) is 0 Å². The maximum atomic E-state index is 4.60. The van der Waals surface area contributed by atoms with Crippen LogP contribution in [-0.2, 0) is 0 Å². The summed E-state index contributed by atoms with van der Waals surface area (Å²) in [5.74, 6) is 0.776. The van der Waals surface area contributed by atoms with E-state index in [4.69, 9.17) is 0 Å². The summed E-state index contributed by atoms with van der Waals surface area (Å²) in [5.41, 5.74) is 1.47. The summed E-state index contributed by atoms with van der Waals surface area (Å²) in [6, 6.07) is 0.475. The molecule has 0 atom stereocenters. The lowest BCUT2D eigenvalue weighted by molar-refractivity contribution is 0.395. The fourth-order valence-electron chi connectivity index (χ4n) is 1.64. The van der Waals surface area contributed by atoms with E-state index in [1.165, 1.54) is 25.0 Å². The van der Waals surface area contributed by atoms with E-state index in [1.54, 1.807) is 0 Å². The molecule has 0 spiro atoms. The Morgan fingerprint density at radius 2 is 2.06 bits per heavy atom. The summed E-state index contributed by atoms with van der Waals surface area (Å²) in [6.45, 7) is 13.4. The highest BCUT2D eigenvalue weighted by Gasteiger charge is 2.16. The van der Waals surface area contributed by atoms with E-state index >= 15 is 0 Å². The van der Waals surface area contributed by atoms with Gasteiger partial charge in [-0.1, -0.05) is 27.7 Å². The molecule has 0 aliphatic heterocycles. The third kappa shape index (κ3) is 5.48. The van der Waals surface area contributed by atoms with Gasteiger partial charge in [-0.3, -0.25) is 4.99 Å². The molecular weight excluding hydrogens is 222 g/mol. The number of allylic oxidation sites excluding steroid dienone is 1. The Hall–Kier alpha value is -1.12. The van der Waals surface area contributed by atoms with Crippen molar-refractivity contribution in [3.05, 3.63) is 11.8 Å². The summed E-state index contributed by atoms with van der Waals surface area (Å²) in [5, 5.41) is 3.48. The average Bonchev–Trinajstić information content (AvgIpc) is 2.24. The van der Waals surface area contributed by atoms with E-state index in [0.717, 1.165) is 18.8 Å². The van der Waals surface area contributed by atoms with Crippen LogP contribution in [-0.4, -0.2) is 25.1 Å². The maximum absolute atomic E-state index is 4.60. The second kappa shape index (κ2) is 6.72. The third-order valence-electron chi connectivity index (χ3n) is 3.08. The number of rotatable bonds is 5. The fraction of sp³-hybridized carbons (Fsp3) is 0.733. The molecule has 3 nitrogen and oxygen atoms in total. The summed E-state index contributed by atoms with van der Waals surface area (Å²) in [6.07, 6.45) is 6.70. The monoisotopic (exact) mass is 249 g/mol. The van der Waals surface area contributed by atoms with Gasteiger partial charge in [0, 0.05) is 18.3 Å². The standard InChI is InChI=1S/C15H27N3/c1-6-12(17-11-15(2,3)4)10-14(16-5)18-13-8-7-9-13/h10,13,17H,5-9,11H2,1-4H3. The van der Waals surface area contributed by atoms with Crippen molar-refractivity contribution in [1.29, 1.82) is 0 Å². The first kappa shape index (κ1) is 14.9. The van der Waals surface area contributed by atoms with Crippen molar-refractivity contribution in [3.8, 4) is 0 Å². The van der Waals surface area contributed by atoms with Gasteiger partial charge in [0.2, 0.25) is 0 Å². The predicted molar refractivity (Wildman–Crippen MR) is 80.5 cm³/mol. The predicted octanol–water partition coefficient (Wildman–Crippen LogP) is 3.57. The zero-order valence-electron chi connectivity index (χ0n) is 12.3. The van der Waals surface area contributed by atoms with Gasteiger partial charge < -0.3 is 5.32 Å². The van der Waals surface area contributed by atoms with Crippen LogP contribution in [0, 0.1) is 5.41 Å². The van der Waals surface area contributed by atoms with Crippen molar-refractivity contribution in [3.63, 3.8) is 0 Å². The largest absolute Gasteiger partial charge is 0.388 e. The van der Waals surface area contributed by atoms with Crippen LogP contribution in [0.15, 0.2) is 21.8 Å². The molecule has 3 heteroatoms. The van der Waals surface area contributed by atoms with Gasteiger partial charge in [0.1, 0.15) is 5.84 Å². The van der Waals surface area contributed by atoms with Crippen molar-refractivity contribution in [1.82, 2.24) is 5.32 Å². The first-order valence-corrected chi connectivity index (χ1v) is 6.93. The summed E-state index contributed by atoms with van der Waals surface area (Å²) < 4.78 is 0. The molecule has 0 aromatic carbocycles. The van der Waals surface area contributed by atoms with Gasteiger partial charge >= 0.3 is 0 Å². The Bertz CT molecular complexity index is 330. The van der Waals surface area contributed by atoms with Crippen LogP contribution in [0.1, 0.15) is 53.4 Å². The first-order valence-electron chi connectivity index (χ1n) is 6.93. The van der Waals surface area contributed by atoms with Crippen LogP contribution in [0.4, 0.5) is 0 Å². The van der Waals surface area contributed by atoms with Crippen LogP contribution in [0.2, 0.25) is 0 Å². The molecule has 0 radical (unpaired) electrons. The number of hydrogen-bond donors (Lipinski definition) is 1. The number of hydrogen-bond acceptors (Lipinski definition) is 2. The average molecular weight is 249 g/mol. The lowest BCUT2D eigenvalue weighted by Gasteiger charge is -2.22. The fourth-order valence-corrected chi connectivity index (χ4v) is 1.64. The molecule has 0 saturated heterocycles. The molecule has 1 aliphatic rings. The van der Waals surface area contributed by atoms with Crippen LogP contribution < -0.4 is 5.32 Å². The highest BCUT2D eigenvalue weighted by atomic mass is 14.9. The van der Waals surface area contributed by atoms with E-state index in [-0.39, 0.29) is 5.41 Å². The molecule has 1 saturated carbocycles. The molecule has 0 aromatic rings. The van der Waals surface area contributed by atoms with Crippen LogP contribution in [0.5, 0.6) is 0 Å². The molecule has 1 fully saturated rings. The minimum atomic E-state index is 0.279.